The third-order valence-electron chi connectivity index (χ3n) is 3.23. The van der Waals surface area contributed by atoms with Crippen LogP contribution in [0.15, 0.2) is 30.3 Å². The molecule has 1 aromatic carbocycles. The van der Waals surface area contributed by atoms with Gasteiger partial charge in [-0.15, -0.1) is 0 Å². The zero-order valence-electron chi connectivity index (χ0n) is 11.3. The van der Waals surface area contributed by atoms with E-state index in [-0.39, 0.29) is 12.5 Å². The lowest BCUT2D eigenvalue weighted by atomic mass is 10.2. The van der Waals surface area contributed by atoms with E-state index < -0.39 is 0 Å². The van der Waals surface area contributed by atoms with Crippen LogP contribution in [0.5, 0.6) is 5.75 Å². The number of rotatable bonds is 5. The first-order valence-electron chi connectivity index (χ1n) is 6.87. The largest absolute Gasteiger partial charge is 0.490 e. The van der Waals surface area contributed by atoms with E-state index >= 15 is 0 Å². The van der Waals surface area contributed by atoms with Gasteiger partial charge in [0.2, 0.25) is 5.91 Å². The van der Waals surface area contributed by atoms with Crippen molar-refractivity contribution in [2.75, 3.05) is 6.54 Å². The molecule has 1 saturated carbocycles. The first-order valence-corrected chi connectivity index (χ1v) is 6.87. The maximum atomic E-state index is 11.4. The number of nitriles is 1. The third kappa shape index (κ3) is 4.43. The topological polar surface area (TPSA) is 62.1 Å². The average molecular weight is 270 g/mol. The molecule has 1 amide bonds. The molecule has 1 aliphatic carbocycles. The van der Waals surface area contributed by atoms with Crippen molar-refractivity contribution in [3.8, 4) is 11.8 Å². The Hall–Kier alpha value is -2.28. The fourth-order valence-corrected chi connectivity index (χ4v) is 2.25. The molecule has 1 aromatic rings. The molecule has 20 heavy (non-hydrogen) atoms. The fraction of sp³-hybridized carbons (Fsp3) is 0.375. The molecule has 0 aromatic heterocycles. The van der Waals surface area contributed by atoms with Gasteiger partial charge in [-0.3, -0.25) is 4.79 Å². The molecule has 0 aliphatic heterocycles. The zero-order valence-corrected chi connectivity index (χ0v) is 11.3. The van der Waals surface area contributed by atoms with Gasteiger partial charge >= 0.3 is 0 Å². The molecule has 0 unspecified atom stereocenters. The molecule has 4 heteroatoms. The van der Waals surface area contributed by atoms with E-state index in [9.17, 15) is 4.79 Å². The summed E-state index contributed by atoms with van der Waals surface area (Å²) in [5.74, 6) is 0.574. The van der Waals surface area contributed by atoms with Gasteiger partial charge in [-0.25, -0.2) is 0 Å². The highest BCUT2D eigenvalue weighted by Gasteiger charge is 2.16. The summed E-state index contributed by atoms with van der Waals surface area (Å²) in [6.07, 6.45) is 8.19. The summed E-state index contributed by atoms with van der Waals surface area (Å²) in [4.78, 5) is 11.4. The van der Waals surface area contributed by atoms with Crippen LogP contribution in [0.3, 0.4) is 0 Å². The van der Waals surface area contributed by atoms with Gasteiger partial charge in [-0.1, -0.05) is 12.1 Å². The summed E-state index contributed by atoms with van der Waals surface area (Å²) in [6.45, 7) is 0.0218. The number of ether oxygens (including phenoxy) is 1. The van der Waals surface area contributed by atoms with Gasteiger partial charge in [0.05, 0.1) is 12.2 Å². The Morgan fingerprint density at radius 2 is 2.25 bits per heavy atom. The molecule has 0 atom stereocenters. The van der Waals surface area contributed by atoms with E-state index in [1.807, 2.05) is 30.3 Å². The highest BCUT2D eigenvalue weighted by Crippen LogP contribution is 2.24. The molecule has 0 radical (unpaired) electrons. The van der Waals surface area contributed by atoms with Gasteiger partial charge in [-0.2, -0.15) is 5.26 Å². The minimum absolute atomic E-state index is 0.0218. The van der Waals surface area contributed by atoms with Crippen molar-refractivity contribution in [1.82, 2.24) is 5.32 Å². The van der Waals surface area contributed by atoms with E-state index in [0.717, 1.165) is 24.2 Å². The number of benzene rings is 1. The van der Waals surface area contributed by atoms with Crippen LogP contribution >= 0.6 is 0 Å². The summed E-state index contributed by atoms with van der Waals surface area (Å²) < 4.78 is 5.91. The first-order chi connectivity index (χ1) is 9.78. The molecular formula is C16H18N2O2. The van der Waals surface area contributed by atoms with Crippen molar-refractivity contribution >= 4 is 12.0 Å². The second-order valence-electron chi connectivity index (χ2n) is 4.81. The number of carbonyl (C=O) groups excluding carboxylic acids is 1. The van der Waals surface area contributed by atoms with Crippen LogP contribution < -0.4 is 10.1 Å². The number of amides is 1. The molecule has 1 fully saturated rings. The van der Waals surface area contributed by atoms with Crippen LogP contribution in [0, 0.1) is 11.3 Å². The van der Waals surface area contributed by atoms with Crippen molar-refractivity contribution in [2.24, 2.45) is 0 Å². The van der Waals surface area contributed by atoms with Crippen molar-refractivity contribution < 1.29 is 9.53 Å². The van der Waals surface area contributed by atoms with Crippen LogP contribution in [0.2, 0.25) is 0 Å². The predicted molar refractivity (Wildman–Crippen MR) is 77.0 cm³/mol. The Labute approximate surface area is 119 Å². The number of hydrogen-bond acceptors (Lipinski definition) is 3. The highest BCUT2D eigenvalue weighted by molar-refractivity contribution is 5.91. The number of nitrogens with zero attached hydrogens (tertiary/aromatic N) is 1. The smallest absolute Gasteiger partial charge is 0.244 e. The van der Waals surface area contributed by atoms with Gasteiger partial charge in [0.1, 0.15) is 12.3 Å². The Bertz CT molecular complexity index is 526. The summed E-state index contributed by atoms with van der Waals surface area (Å²) in [5, 5.41) is 10.8. The lowest BCUT2D eigenvalue weighted by molar-refractivity contribution is -0.116. The normalized spacial score (nSPS) is 15.2. The van der Waals surface area contributed by atoms with Crippen LogP contribution in [-0.4, -0.2) is 18.6 Å². The van der Waals surface area contributed by atoms with Gasteiger partial charge in [0.25, 0.3) is 0 Å². The molecular weight excluding hydrogens is 252 g/mol. The van der Waals surface area contributed by atoms with E-state index in [2.05, 4.69) is 5.32 Å². The maximum Gasteiger partial charge on any atom is 0.244 e. The van der Waals surface area contributed by atoms with Crippen LogP contribution in [-0.2, 0) is 4.79 Å². The first kappa shape index (κ1) is 14.1. The summed E-state index contributed by atoms with van der Waals surface area (Å²) >= 11 is 0. The predicted octanol–water partition coefficient (Wildman–Crippen LogP) is 2.66. The van der Waals surface area contributed by atoms with Crippen molar-refractivity contribution in [2.45, 2.75) is 31.8 Å². The van der Waals surface area contributed by atoms with Crippen molar-refractivity contribution in [3.05, 3.63) is 35.9 Å². The number of carbonyl (C=O) groups is 1. The van der Waals surface area contributed by atoms with Crippen LogP contribution in [0.1, 0.15) is 31.2 Å². The summed E-state index contributed by atoms with van der Waals surface area (Å²) in [6, 6.07) is 9.55. The quantitative estimate of drug-likeness (QED) is 0.661. The van der Waals surface area contributed by atoms with Gasteiger partial charge in [-0.05, 0) is 49.5 Å². The molecule has 1 N–H and O–H groups in total. The third-order valence-corrected chi connectivity index (χ3v) is 3.23. The van der Waals surface area contributed by atoms with E-state index in [0.29, 0.717) is 6.10 Å². The molecule has 2 rings (SSSR count). The van der Waals surface area contributed by atoms with Gasteiger partial charge in [0, 0.05) is 6.08 Å². The lowest BCUT2D eigenvalue weighted by Gasteiger charge is -2.13. The fourth-order valence-electron chi connectivity index (χ4n) is 2.25. The zero-order chi connectivity index (χ0) is 14.2. The van der Waals surface area contributed by atoms with E-state index in [1.165, 1.54) is 18.9 Å². The van der Waals surface area contributed by atoms with E-state index in [1.54, 1.807) is 6.08 Å². The molecule has 4 nitrogen and oxygen atoms in total. The molecule has 0 bridgehead atoms. The van der Waals surface area contributed by atoms with Gasteiger partial charge in [0.15, 0.2) is 0 Å². The molecule has 0 spiro atoms. The minimum atomic E-state index is -0.270. The lowest BCUT2D eigenvalue weighted by Crippen LogP contribution is -2.20. The second kappa shape index (κ2) is 7.34. The summed E-state index contributed by atoms with van der Waals surface area (Å²) in [7, 11) is 0. The Balaban J connectivity index is 1.93. The Morgan fingerprint density at radius 3 is 3.00 bits per heavy atom. The molecule has 0 heterocycles. The Morgan fingerprint density at radius 1 is 1.45 bits per heavy atom. The van der Waals surface area contributed by atoms with Crippen LogP contribution in [0.4, 0.5) is 0 Å². The average Bonchev–Trinajstić information content (AvgIpc) is 2.96. The SMILES string of the molecule is N#CCNC(=O)C=Cc1cccc(OC2CCCC2)c1. The monoisotopic (exact) mass is 270 g/mol. The molecule has 104 valence electrons. The standard InChI is InChI=1S/C16H18N2O2/c17-10-11-18-16(19)9-8-13-4-3-7-15(12-13)20-14-5-1-2-6-14/h3-4,7-9,12,14H,1-2,5-6,11H2,(H,18,19). The second-order valence-corrected chi connectivity index (χ2v) is 4.81. The maximum absolute atomic E-state index is 11.4. The van der Waals surface area contributed by atoms with Crippen LogP contribution in [0.25, 0.3) is 6.08 Å². The molecule has 1 aliphatic rings. The van der Waals surface area contributed by atoms with E-state index in [4.69, 9.17) is 10.00 Å². The minimum Gasteiger partial charge on any atom is -0.490 e. The molecule has 0 saturated heterocycles. The Kier molecular flexibility index (Phi) is 5.19. The van der Waals surface area contributed by atoms with Gasteiger partial charge < -0.3 is 10.1 Å². The summed E-state index contributed by atoms with van der Waals surface area (Å²) in [5.41, 5.74) is 0.910. The number of nitrogens with one attached hydrogen (secondary N) is 1. The van der Waals surface area contributed by atoms with Crippen molar-refractivity contribution in [3.63, 3.8) is 0 Å². The highest BCUT2D eigenvalue weighted by atomic mass is 16.5. The number of hydrogen-bond donors (Lipinski definition) is 1. The van der Waals surface area contributed by atoms with Crippen molar-refractivity contribution in [1.29, 1.82) is 5.26 Å².